The van der Waals surface area contributed by atoms with E-state index in [2.05, 4.69) is 0 Å². The average molecular weight is 319 g/mol. The number of alkyl halides is 3. The van der Waals surface area contributed by atoms with Crippen molar-refractivity contribution in [1.82, 2.24) is 4.90 Å². The van der Waals surface area contributed by atoms with Crippen molar-refractivity contribution in [2.24, 2.45) is 0 Å². The van der Waals surface area contributed by atoms with Crippen molar-refractivity contribution in [3.8, 4) is 5.75 Å². The lowest BCUT2D eigenvalue weighted by Gasteiger charge is -2.33. The molecule has 0 amide bonds. The lowest BCUT2D eigenvalue weighted by atomic mass is 10.1. The van der Waals surface area contributed by atoms with Crippen LogP contribution >= 0.6 is 0 Å². The molecule has 1 atom stereocenters. The van der Waals surface area contributed by atoms with Crippen LogP contribution in [0.15, 0.2) is 24.3 Å². The summed E-state index contributed by atoms with van der Waals surface area (Å²) in [6.45, 7) is 1.48. The highest BCUT2D eigenvalue weighted by Gasteiger charge is 2.31. The van der Waals surface area contributed by atoms with Crippen LogP contribution in [0.5, 0.6) is 5.75 Å². The Hall–Kier alpha value is -1.31. The zero-order valence-electron chi connectivity index (χ0n) is 12.1. The zero-order valence-corrected chi connectivity index (χ0v) is 12.1. The van der Waals surface area contributed by atoms with Gasteiger partial charge >= 0.3 is 6.18 Å². The van der Waals surface area contributed by atoms with Gasteiger partial charge in [-0.05, 0) is 31.0 Å². The number of hydrogen-bond donors (Lipinski definition) is 2. The summed E-state index contributed by atoms with van der Waals surface area (Å²) in [5.74, 6) is 0.226. The summed E-state index contributed by atoms with van der Waals surface area (Å²) >= 11 is 0. The first-order valence-corrected chi connectivity index (χ1v) is 7.23. The van der Waals surface area contributed by atoms with Gasteiger partial charge in [0.2, 0.25) is 0 Å². The molecule has 2 rings (SSSR count). The van der Waals surface area contributed by atoms with E-state index in [4.69, 9.17) is 9.84 Å². The zero-order chi connectivity index (χ0) is 16.2. The molecule has 1 unspecified atom stereocenters. The number of aliphatic hydroxyl groups is 2. The van der Waals surface area contributed by atoms with Gasteiger partial charge in [0.1, 0.15) is 11.9 Å². The van der Waals surface area contributed by atoms with E-state index < -0.39 is 17.8 Å². The Bertz CT molecular complexity index is 473. The van der Waals surface area contributed by atoms with Crippen molar-refractivity contribution >= 4 is 0 Å². The Balaban J connectivity index is 1.86. The molecule has 1 aromatic carbocycles. The van der Waals surface area contributed by atoms with Gasteiger partial charge in [-0.15, -0.1) is 0 Å². The van der Waals surface area contributed by atoms with E-state index in [0.717, 1.165) is 12.1 Å². The number of rotatable bonds is 5. The second-order valence-electron chi connectivity index (χ2n) is 5.48. The molecule has 0 radical (unpaired) electrons. The van der Waals surface area contributed by atoms with Gasteiger partial charge in [0.15, 0.2) is 0 Å². The number of ether oxygens (including phenoxy) is 1. The number of benzene rings is 1. The second kappa shape index (κ2) is 7.30. The average Bonchev–Trinajstić information content (AvgIpc) is 2.48. The fraction of sp³-hybridized carbons (Fsp3) is 0.600. The largest absolute Gasteiger partial charge is 0.490 e. The third-order valence-electron chi connectivity index (χ3n) is 3.68. The van der Waals surface area contributed by atoms with Gasteiger partial charge in [-0.3, -0.25) is 0 Å². The fourth-order valence-electron chi connectivity index (χ4n) is 2.50. The molecule has 4 nitrogen and oxygen atoms in total. The number of β-amino-alcohol motifs (C(OH)–C–C–N with tert-alkyl or cyclic N) is 1. The number of piperidine rings is 1. The number of nitrogens with zero attached hydrogens (tertiary/aromatic N) is 1. The molecular weight excluding hydrogens is 299 g/mol. The Kier molecular flexibility index (Phi) is 5.66. The summed E-state index contributed by atoms with van der Waals surface area (Å²) in [6.07, 6.45) is -3.92. The van der Waals surface area contributed by atoms with Gasteiger partial charge in [-0.1, -0.05) is 6.07 Å². The fourth-order valence-corrected chi connectivity index (χ4v) is 2.50. The Labute approximate surface area is 127 Å². The van der Waals surface area contributed by atoms with E-state index in [1.165, 1.54) is 12.1 Å². The molecule has 1 fully saturated rings. The minimum Gasteiger partial charge on any atom is -0.490 e. The molecule has 1 heterocycles. The Morgan fingerprint density at radius 1 is 1.27 bits per heavy atom. The first-order chi connectivity index (χ1) is 10.4. The van der Waals surface area contributed by atoms with Crippen molar-refractivity contribution in [1.29, 1.82) is 0 Å². The summed E-state index contributed by atoms with van der Waals surface area (Å²) in [5, 5.41) is 18.2. The van der Waals surface area contributed by atoms with Gasteiger partial charge in [0, 0.05) is 19.6 Å². The van der Waals surface area contributed by atoms with Crippen LogP contribution in [0.3, 0.4) is 0 Å². The monoisotopic (exact) mass is 319 g/mol. The molecule has 1 aromatic rings. The van der Waals surface area contributed by atoms with E-state index in [1.54, 1.807) is 0 Å². The Morgan fingerprint density at radius 3 is 2.55 bits per heavy atom. The van der Waals surface area contributed by atoms with Crippen LogP contribution in [0, 0.1) is 0 Å². The molecule has 0 bridgehead atoms. The van der Waals surface area contributed by atoms with E-state index in [9.17, 15) is 18.3 Å². The van der Waals surface area contributed by atoms with Crippen LogP contribution in [0.4, 0.5) is 13.2 Å². The third kappa shape index (κ3) is 4.86. The smallest absolute Gasteiger partial charge is 0.416 e. The summed E-state index contributed by atoms with van der Waals surface area (Å²) in [6, 6.07) is 4.90. The van der Waals surface area contributed by atoms with Gasteiger partial charge in [-0.25, -0.2) is 0 Å². The molecule has 22 heavy (non-hydrogen) atoms. The summed E-state index contributed by atoms with van der Waals surface area (Å²) in [5.41, 5.74) is -0.714. The van der Waals surface area contributed by atoms with Crippen LogP contribution in [-0.2, 0) is 6.18 Å². The predicted molar refractivity (Wildman–Crippen MR) is 74.6 cm³/mol. The Morgan fingerprint density at radius 2 is 1.95 bits per heavy atom. The standard InChI is InChI=1S/C15H20F3NO3/c16-15(17,18)11-2-1-3-14(8-11)22-13-4-6-19(7-5-13)9-12(21)10-20/h1-3,8,12-13,20-21H,4-7,9-10H2. The molecule has 1 aliphatic heterocycles. The van der Waals surface area contributed by atoms with E-state index in [1.807, 2.05) is 4.90 Å². The molecule has 0 aromatic heterocycles. The van der Waals surface area contributed by atoms with E-state index >= 15 is 0 Å². The lowest BCUT2D eigenvalue weighted by molar-refractivity contribution is -0.137. The van der Waals surface area contributed by atoms with Gasteiger partial charge < -0.3 is 19.8 Å². The molecule has 0 spiro atoms. The van der Waals surface area contributed by atoms with Gasteiger partial charge in [0.25, 0.3) is 0 Å². The minimum atomic E-state index is -4.37. The number of aliphatic hydroxyl groups excluding tert-OH is 2. The normalized spacial score (nSPS) is 19.1. The van der Waals surface area contributed by atoms with Crippen LogP contribution < -0.4 is 4.74 Å². The third-order valence-corrected chi connectivity index (χ3v) is 3.68. The molecule has 7 heteroatoms. The molecule has 1 saturated heterocycles. The van der Waals surface area contributed by atoms with Crippen LogP contribution in [0.2, 0.25) is 0 Å². The summed E-state index contributed by atoms with van der Waals surface area (Å²) < 4.78 is 43.6. The molecule has 124 valence electrons. The molecule has 0 saturated carbocycles. The number of halogens is 3. The molecule has 0 aliphatic carbocycles. The van der Waals surface area contributed by atoms with Crippen molar-refractivity contribution in [2.75, 3.05) is 26.2 Å². The SMILES string of the molecule is OCC(O)CN1CCC(Oc2cccc(C(F)(F)F)c2)CC1. The van der Waals surface area contributed by atoms with Gasteiger partial charge in [0.05, 0.1) is 18.3 Å². The highest BCUT2D eigenvalue weighted by Crippen LogP contribution is 2.32. The van der Waals surface area contributed by atoms with Crippen molar-refractivity contribution < 1.29 is 28.1 Å². The summed E-state index contributed by atoms with van der Waals surface area (Å²) in [4.78, 5) is 2.01. The first kappa shape index (κ1) is 17.1. The quantitative estimate of drug-likeness (QED) is 0.870. The van der Waals surface area contributed by atoms with Gasteiger partial charge in [-0.2, -0.15) is 13.2 Å². The van der Waals surface area contributed by atoms with Crippen LogP contribution in [-0.4, -0.2) is 53.6 Å². The van der Waals surface area contributed by atoms with Crippen molar-refractivity contribution in [2.45, 2.75) is 31.2 Å². The topological polar surface area (TPSA) is 52.9 Å². The number of likely N-dealkylation sites (tertiary alicyclic amines) is 1. The van der Waals surface area contributed by atoms with Crippen LogP contribution in [0.1, 0.15) is 18.4 Å². The minimum absolute atomic E-state index is 0.133. The van der Waals surface area contributed by atoms with E-state index in [0.29, 0.717) is 32.5 Å². The first-order valence-electron chi connectivity index (χ1n) is 7.23. The van der Waals surface area contributed by atoms with Crippen molar-refractivity contribution in [3.63, 3.8) is 0 Å². The number of hydrogen-bond acceptors (Lipinski definition) is 4. The maximum atomic E-state index is 12.6. The molecule has 1 aliphatic rings. The van der Waals surface area contributed by atoms with Crippen molar-refractivity contribution in [3.05, 3.63) is 29.8 Å². The molecular formula is C15H20F3NO3. The van der Waals surface area contributed by atoms with Crippen LogP contribution in [0.25, 0.3) is 0 Å². The maximum Gasteiger partial charge on any atom is 0.416 e. The maximum absolute atomic E-state index is 12.6. The second-order valence-corrected chi connectivity index (χ2v) is 5.48. The highest BCUT2D eigenvalue weighted by atomic mass is 19.4. The molecule has 2 N–H and O–H groups in total. The van der Waals surface area contributed by atoms with E-state index in [-0.39, 0.29) is 18.5 Å². The highest BCUT2D eigenvalue weighted by molar-refractivity contribution is 5.30. The summed E-state index contributed by atoms with van der Waals surface area (Å²) in [7, 11) is 0. The predicted octanol–water partition coefficient (Wildman–Crippen LogP) is 1.90. The lowest BCUT2D eigenvalue weighted by Crippen LogP contribution is -2.42.